The van der Waals surface area contributed by atoms with Crippen LogP contribution in [0.2, 0.25) is 0 Å². The fourth-order valence-corrected chi connectivity index (χ4v) is 10.4. The van der Waals surface area contributed by atoms with Crippen LogP contribution in [0.3, 0.4) is 0 Å². The van der Waals surface area contributed by atoms with Gasteiger partial charge in [-0.05, 0) is 77.9 Å². The van der Waals surface area contributed by atoms with Crippen LogP contribution in [-0.4, -0.2) is 28.7 Å². The van der Waals surface area contributed by atoms with E-state index in [0.29, 0.717) is 17.5 Å². The summed E-state index contributed by atoms with van der Waals surface area (Å²) in [6, 6.07) is 88.3. The molecule has 320 valence electrons. The molecule has 14 aromatic rings. The Morgan fingerprint density at radius 1 is 0.290 bits per heavy atom. The molecule has 0 unspecified atom stereocenters. The van der Waals surface area contributed by atoms with E-state index in [9.17, 15) is 0 Å². The highest BCUT2D eigenvalue weighted by molar-refractivity contribution is 6.13. The normalized spacial score (nSPS) is 11.7. The van der Waals surface area contributed by atoms with Crippen LogP contribution >= 0.6 is 0 Å². The fourth-order valence-electron chi connectivity index (χ4n) is 10.4. The van der Waals surface area contributed by atoms with E-state index < -0.39 is 0 Å². The van der Waals surface area contributed by atoms with Gasteiger partial charge in [-0.3, -0.25) is 0 Å². The van der Waals surface area contributed by atoms with Crippen LogP contribution in [-0.2, 0) is 0 Å². The van der Waals surface area contributed by atoms with E-state index in [1.54, 1.807) is 0 Å². The molecular formula is C63H38N6. The van der Waals surface area contributed by atoms with Crippen LogP contribution in [0.15, 0.2) is 231 Å². The first-order valence-electron chi connectivity index (χ1n) is 23.2. The first kappa shape index (κ1) is 38.7. The van der Waals surface area contributed by atoms with Crippen molar-refractivity contribution in [3.05, 3.63) is 243 Å². The Balaban J connectivity index is 1.03. The summed E-state index contributed by atoms with van der Waals surface area (Å²) in [5.41, 5.74) is 14.8. The third-order valence-corrected chi connectivity index (χ3v) is 13.5. The number of hydrogen-bond donors (Lipinski definition) is 0. The van der Waals surface area contributed by atoms with Crippen LogP contribution in [0, 0.1) is 12.1 Å². The maximum Gasteiger partial charge on any atom is 0.164 e. The van der Waals surface area contributed by atoms with Crippen LogP contribution < -0.4 is 0 Å². The zero-order valence-electron chi connectivity index (χ0n) is 37.1. The molecule has 10 aromatic carbocycles. The molecule has 6 heteroatoms. The highest BCUT2D eigenvalue weighted by Crippen LogP contribution is 2.41. The predicted octanol–water partition coefficient (Wildman–Crippen LogP) is 15.4. The molecule has 0 spiro atoms. The standard InChI is InChI=1S/C63H38N6/c1-3-18-41(19-4-1)61-64-62(42-20-5-2-6-21-42)66-63(65-61)45-23-17-22-43(38-45)44-34-37-58(68-55-31-14-9-26-49(55)50-27-10-15-32-56(50)68)60(39-44)69-57-33-16-11-28-51(57)52-36-35-46(40-59(52)69)67-53-29-12-7-24-47(53)48-25-8-13-30-54(48)67/h1-9,11-26,28-40H. The Labute approximate surface area is 397 Å². The van der Waals surface area contributed by atoms with Crippen molar-refractivity contribution in [2.75, 3.05) is 0 Å². The summed E-state index contributed by atoms with van der Waals surface area (Å²) in [6.45, 7) is 0. The zero-order chi connectivity index (χ0) is 45.4. The summed E-state index contributed by atoms with van der Waals surface area (Å²) in [7, 11) is 0. The van der Waals surface area contributed by atoms with Gasteiger partial charge in [0.25, 0.3) is 0 Å². The number of aromatic nitrogens is 6. The van der Waals surface area contributed by atoms with Gasteiger partial charge in [0.15, 0.2) is 17.5 Å². The van der Waals surface area contributed by atoms with E-state index in [0.717, 1.165) is 77.7 Å². The topological polar surface area (TPSA) is 53.5 Å². The van der Waals surface area contributed by atoms with Gasteiger partial charge in [0.05, 0.1) is 49.9 Å². The summed E-state index contributed by atoms with van der Waals surface area (Å²) in [6.07, 6.45) is 0. The summed E-state index contributed by atoms with van der Waals surface area (Å²) in [5, 5.41) is 6.99. The molecule has 14 rings (SSSR count). The molecule has 4 aromatic heterocycles. The van der Waals surface area contributed by atoms with Gasteiger partial charge in [0.2, 0.25) is 0 Å². The monoisotopic (exact) mass is 878 g/mol. The van der Waals surface area contributed by atoms with E-state index in [1.807, 2.05) is 66.7 Å². The Hall–Kier alpha value is -9.57. The second kappa shape index (κ2) is 15.5. The molecule has 0 atom stereocenters. The second-order valence-electron chi connectivity index (χ2n) is 17.5. The minimum Gasteiger partial charge on any atom is -0.309 e. The van der Waals surface area contributed by atoms with E-state index in [2.05, 4.69) is 190 Å². The lowest BCUT2D eigenvalue weighted by Crippen LogP contribution is -2.04. The van der Waals surface area contributed by atoms with E-state index in [4.69, 9.17) is 15.0 Å². The number of nitrogens with zero attached hydrogens (tertiary/aromatic N) is 6. The molecule has 0 aliphatic heterocycles. The molecule has 69 heavy (non-hydrogen) atoms. The van der Waals surface area contributed by atoms with E-state index in [-0.39, 0.29) is 0 Å². The van der Waals surface area contributed by atoms with Gasteiger partial charge in [-0.25, -0.2) is 15.0 Å². The minimum absolute atomic E-state index is 0.611. The van der Waals surface area contributed by atoms with Gasteiger partial charge < -0.3 is 13.7 Å². The highest BCUT2D eigenvalue weighted by Gasteiger charge is 2.22. The van der Waals surface area contributed by atoms with E-state index in [1.165, 1.54) is 32.6 Å². The van der Waals surface area contributed by atoms with Crippen molar-refractivity contribution in [1.29, 1.82) is 0 Å². The molecule has 6 nitrogen and oxygen atoms in total. The van der Waals surface area contributed by atoms with Crippen molar-refractivity contribution >= 4 is 65.4 Å². The van der Waals surface area contributed by atoms with E-state index >= 15 is 0 Å². The smallest absolute Gasteiger partial charge is 0.164 e. The average molecular weight is 879 g/mol. The molecule has 0 saturated carbocycles. The Morgan fingerprint density at radius 2 is 0.768 bits per heavy atom. The largest absolute Gasteiger partial charge is 0.309 e. The Bertz CT molecular complexity index is 4150. The molecule has 0 aliphatic rings. The molecule has 0 radical (unpaired) electrons. The number of fused-ring (bicyclic) bond motifs is 9. The minimum atomic E-state index is 0.611. The van der Waals surface area contributed by atoms with Gasteiger partial charge in [-0.1, -0.05) is 176 Å². The van der Waals surface area contributed by atoms with Gasteiger partial charge in [0.1, 0.15) is 0 Å². The molecule has 0 saturated heterocycles. The van der Waals surface area contributed by atoms with Crippen molar-refractivity contribution < 1.29 is 0 Å². The molecule has 0 fully saturated rings. The first-order chi connectivity index (χ1) is 34.2. The number of benzene rings is 9. The lowest BCUT2D eigenvalue weighted by molar-refractivity contribution is 1.07. The lowest BCUT2D eigenvalue weighted by Gasteiger charge is -2.19. The predicted molar refractivity (Wildman–Crippen MR) is 282 cm³/mol. The average Bonchev–Trinajstić information content (AvgIpc) is 4.06. The van der Waals surface area contributed by atoms with Crippen molar-refractivity contribution in [1.82, 2.24) is 28.7 Å². The summed E-state index contributed by atoms with van der Waals surface area (Å²) in [5.74, 6) is 1.87. The zero-order valence-corrected chi connectivity index (χ0v) is 37.1. The molecular weight excluding hydrogens is 841 g/mol. The van der Waals surface area contributed by atoms with Crippen LogP contribution in [0.1, 0.15) is 0 Å². The van der Waals surface area contributed by atoms with Crippen LogP contribution in [0.4, 0.5) is 0 Å². The van der Waals surface area contributed by atoms with Crippen molar-refractivity contribution in [2.24, 2.45) is 0 Å². The quantitative estimate of drug-likeness (QED) is 0.160. The van der Waals surface area contributed by atoms with Crippen molar-refractivity contribution in [3.8, 4) is 62.4 Å². The summed E-state index contributed by atoms with van der Waals surface area (Å²) >= 11 is 0. The molecule has 0 amide bonds. The molecule has 0 bridgehead atoms. The Kier molecular flexibility index (Phi) is 8.70. The molecule has 4 heterocycles. The van der Waals surface area contributed by atoms with Gasteiger partial charge in [-0.2, -0.15) is 0 Å². The first-order valence-corrected chi connectivity index (χ1v) is 23.2. The maximum atomic E-state index is 5.10. The third-order valence-electron chi connectivity index (χ3n) is 13.5. The second-order valence-corrected chi connectivity index (χ2v) is 17.5. The number of hydrogen-bond acceptors (Lipinski definition) is 3. The SMILES string of the molecule is c1ccc2c(c#1)c1ccccc1n2-c1ccc(-c2cccc(-c3nc(-c4ccccc4)nc(-c4ccccc4)n3)c2)cc1-n1c2ccccc2c2ccc(-n3c4ccccc4c4ccccc43)cc21. The Morgan fingerprint density at radius 3 is 1.41 bits per heavy atom. The fraction of sp³-hybridized carbons (Fsp3) is 0. The molecule has 0 N–H and O–H groups in total. The summed E-state index contributed by atoms with van der Waals surface area (Å²) in [4.78, 5) is 15.2. The van der Waals surface area contributed by atoms with Gasteiger partial charge >= 0.3 is 0 Å². The van der Waals surface area contributed by atoms with Gasteiger partial charge in [-0.15, -0.1) is 0 Å². The number of para-hydroxylation sites is 4. The van der Waals surface area contributed by atoms with Crippen LogP contribution in [0.5, 0.6) is 0 Å². The van der Waals surface area contributed by atoms with Crippen LogP contribution in [0.25, 0.3) is 128 Å². The van der Waals surface area contributed by atoms with Crippen molar-refractivity contribution in [2.45, 2.75) is 0 Å². The third kappa shape index (κ3) is 6.19. The maximum absolute atomic E-state index is 5.10. The van der Waals surface area contributed by atoms with Crippen molar-refractivity contribution in [3.63, 3.8) is 0 Å². The highest BCUT2D eigenvalue weighted by atomic mass is 15.1. The van der Waals surface area contributed by atoms with Gasteiger partial charge in [0, 0.05) is 49.3 Å². The lowest BCUT2D eigenvalue weighted by atomic mass is 10.0. The molecule has 0 aliphatic carbocycles. The summed E-state index contributed by atoms with van der Waals surface area (Å²) < 4.78 is 7.26. The number of rotatable bonds is 7.